The van der Waals surface area contributed by atoms with Gasteiger partial charge in [0.15, 0.2) is 0 Å². The maximum atomic E-state index is 14.2. The van der Waals surface area contributed by atoms with E-state index in [1.54, 1.807) is 43.5 Å². The summed E-state index contributed by atoms with van der Waals surface area (Å²) in [5.41, 5.74) is 2.67. The molecule has 0 aromatic heterocycles. The van der Waals surface area contributed by atoms with E-state index in [0.29, 0.717) is 23.7 Å². The monoisotopic (exact) mass is 613 g/mol. The first-order valence-corrected chi connectivity index (χ1v) is 15.9. The van der Waals surface area contributed by atoms with Gasteiger partial charge < -0.3 is 15.0 Å². The molecule has 0 aliphatic rings. The van der Waals surface area contributed by atoms with Crippen LogP contribution in [0.5, 0.6) is 5.75 Å². The van der Waals surface area contributed by atoms with Crippen LogP contribution in [0.25, 0.3) is 0 Å². The summed E-state index contributed by atoms with van der Waals surface area (Å²) in [5.74, 6) is -0.200. The number of benzene rings is 3. The fourth-order valence-electron chi connectivity index (χ4n) is 4.50. The van der Waals surface area contributed by atoms with E-state index in [1.165, 1.54) is 23.1 Å². The minimum absolute atomic E-state index is 0.0429. The van der Waals surface area contributed by atoms with Crippen molar-refractivity contribution in [2.45, 2.75) is 64.4 Å². The number of methoxy groups -OCH3 is 1. The highest BCUT2D eigenvalue weighted by atomic mass is 35.5. The molecule has 1 N–H and O–H groups in total. The maximum absolute atomic E-state index is 14.2. The molecule has 3 aromatic rings. The van der Waals surface area contributed by atoms with E-state index in [1.807, 2.05) is 39.8 Å². The molecule has 3 aromatic carbocycles. The van der Waals surface area contributed by atoms with Crippen molar-refractivity contribution in [2.24, 2.45) is 0 Å². The van der Waals surface area contributed by atoms with Crippen LogP contribution in [0.2, 0.25) is 5.02 Å². The number of nitrogens with zero attached hydrogens (tertiary/aromatic N) is 2. The first kappa shape index (κ1) is 32.9. The SMILES string of the molecule is CCCCNC(=O)[C@@H](CC)N(Cc1cccc(OC)c1)C(=O)CN(c1ccc(C)c(Cl)c1)S(=O)(=O)c1ccc(C)cc1. The quantitative estimate of drug-likeness (QED) is 0.229. The standard InChI is InChI=1S/C32H40ClN3O5S/c1-6-8-18-34-32(38)30(7-2)35(21-25-10-9-11-27(19-25)41-5)31(37)22-36(26-15-14-24(4)29(33)20-26)42(39,40)28-16-12-23(3)13-17-28/h9-17,19-20,30H,6-8,18,21-22H2,1-5H3,(H,34,38)/t30-/m1/s1. The number of hydrogen-bond donors (Lipinski definition) is 1. The zero-order chi connectivity index (χ0) is 30.9. The van der Waals surface area contributed by atoms with E-state index in [0.717, 1.165) is 33.8 Å². The fourth-order valence-corrected chi connectivity index (χ4v) is 6.08. The van der Waals surface area contributed by atoms with Gasteiger partial charge in [-0.1, -0.05) is 67.8 Å². The van der Waals surface area contributed by atoms with Crippen molar-refractivity contribution in [3.8, 4) is 5.75 Å². The molecule has 2 amide bonds. The highest BCUT2D eigenvalue weighted by Crippen LogP contribution is 2.29. The minimum atomic E-state index is -4.18. The second kappa shape index (κ2) is 15.1. The predicted octanol–water partition coefficient (Wildman–Crippen LogP) is 5.88. The van der Waals surface area contributed by atoms with E-state index in [-0.39, 0.29) is 23.0 Å². The lowest BCUT2D eigenvalue weighted by Gasteiger charge is -2.33. The third-order valence-corrected chi connectivity index (χ3v) is 9.23. The Morgan fingerprint density at radius 3 is 2.33 bits per heavy atom. The summed E-state index contributed by atoms with van der Waals surface area (Å²) in [6.07, 6.45) is 2.06. The number of ether oxygens (including phenoxy) is 1. The zero-order valence-electron chi connectivity index (χ0n) is 24.9. The molecule has 0 spiro atoms. The van der Waals surface area contributed by atoms with Crippen LogP contribution in [0.1, 0.15) is 49.8 Å². The van der Waals surface area contributed by atoms with Gasteiger partial charge >= 0.3 is 0 Å². The highest BCUT2D eigenvalue weighted by Gasteiger charge is 2.33. The van der Waals surface area contributed by atoms with Crippen LogP contribution in [0.3, 0.4) is 0 Å². The number of carbonyl (C=O) groups excluding carboxylic acids is 2. The average Bonchev–Trinajstić information content (AvgIpc) is 2.97. The van der Waals surface area contributed by atoms with Crippen molar-refractivity contribution in [2.75, 3.05) is 24.5 Å². The van der Waals surface area contributed by atoms with Crippen LogP contribution < -0.4 is 14.4 Å². The van der Waals surface area contributed by atoms with E-state index < -0.39 is 28.5 Å². The second-order valence-electron chi connectivity index (χ2n) is 10.2. The van der Waals surface area contributed by atoms with Crippen molar-refractivity contribution >= 4 is 39.1 Å². The number of nitrogens with one attached hydrogen (secondary N) is 1. The zero-order valence-corrected chi connectivity index (χ0v) is 26.5. The van der Waals surface area contributed by atoms with Gasteiger partial charge in [0.2, 0.25) is 11.8 Å². The fraction of sp³-hybridized carbons (Fsp3) is 0.375. The molecule has 226 valence electrons. The molecule has 0 heterocycles. The lowest BCUT2D eigenvalue weighted by Crippen LogP contribution is -2.52. The Labute approximate surface area is 254 Å². The number of aryl methyl sites for hydroxylation is 2. The number of sulfonamides is 1. The third-order valence-electron chi connectivity index (χ3n) is 7.03. The molecule has 42 heavy (non-hydrogen) atoms. The van der Waals surface area contributed by atoms with Crippen molar-refractivity contribution in [3.63, 3.8) is 0 Å². The van der Waals surface area contributed by atoms with Gasteiger partial charge in [0.1, 0.15) is 18.3 Å². The van der Waals surface area contributed by atoms with E-state index in [4.69, 9.17) is 16.3 Å². The van der Waals surface area contributed by atoms with E-state index >= 15 is 0 Å². The van der Waals surface area contributed by atoms with E-state index in [9.17, 15) is 18.0 Å². The lowest BCUT2D eigenvalue weighted by atomic mass is 10.1. The molecule has 0 aliphatic heterocycles. The van der Waals surface area contributed by atoms with Gasteiger partial charge in [-0.2, -0.15) is 0 Å². The lowest BCUT2D eigenvalue weighted by molar-refractivity contribution is -0.140. The molecule has 1 atom stereocenters. The van der Waals surface area contributed by atoms with Crippen LogP contribution in [0.15, 0.2) is 71.6 Å². The number of unbranched alkanes of at least 4 members (excludes halogenated alkanes) is 1. The molecular formula is C32H40ClN3O5S. The van der Waals surface area contributed by atoms with Gasteiger partial charge in [-0.25, -0.2) is 8.42 Å². The smallest absolute Gasteiger partial charge is 0.264 e. The van der Waals surface area contributed by atoms with Crippen LogP contribution >= 0.6 is 11.6 Å². The van der Waals surface area contributed by atoms with Gasteiger partial charge in [0.05, 0.1) is 17.7 Å². The predicted molar refractivity (Wildman–Crippen MR) is 167 cm³/mol. The van der Waals surface area contributed by atoms with Crippen molar-refractivity contribution < 1.29 is 22.7 Å². The Balaban J connectivity index is 2.07. The molecule has 0 unspecified atom stereocenters. The largest absolute Gasteiger partial charge is 0.497 e. The van der Waals surface area contributed by atoms with Crippen LogP contribution in [-0.4, -0.2) is 51.4 Å². The Hall–Kier alpha value is -3.56. The maximum Gasteiger partial charge on any atom is 0.264 e. The Kier molecular flexibility index (Phi) is 11.8. The first-order chi connectivity index (χ1) is 20.0. The number of anilines is 1. The Morgan fingerprint density at radius 1 is 1.00 bits per heavy atom. The molecule has 0 aliphatic carbocycles. The van der Waals surface area contributed by atoms with Gasteiger partial charge in [-0.05, 0) is 74.2 Å². The number of amides is 2. The molecule has 0 fully saturated rings. The molecular weight excluding hydrogens is 574 g/mol. The summed E-state index contributed by atoms with van der Waals surface area (Å²) in [4.78, 5) is 29.0. The van der Waals surface area contributed by atoms with Crippen LogP contribution in [0, 0.1) is 13.8 Å². The third kappa shape index (κ3) is 8.26. The highest BCUT2D eigenvalue weighted by molar-refractivity contribution is 7.92. The normalized spacial score (nSPS) is 12.0. The first-order valence-electron chi connectivity index (χ1n) is 14.1. The summed E-state index contributed by atoms with van der Waals surface area (Å²) < 4.78 is 34.4. The number of halogens is 1. The van der Waals surface area contributed by atoms with Gasteiger partial charge in [0.25, 0.3) is 10.0 Å². The van der Waals surface area contributed by atoms with E-state index in [2.05, 4.69) is 5.32 Å². The van der Waals surface area contributed by atoms with Crippen LogP contribution in [0.4, 0.5) is 5.69 Å². The average molecular weight is 614 g/mol. The number of carbonyl (C=O) groups is 2. The van der Waals surface area contributed by atoms with Gasteiger partial charge in [-0.15, -0.1) is 0 Å². The van der Waals surface area contributed by atoms with Gasteiger partial charge in [0, 0.05) is 18.1 Å². The summed E-state index contributed by atoms with van der Waals surface area (Å²) in [6.45, 7) is 7.59. The summed E-state index contributed by atoms with van der Waals surface area (Å²) >= 11 is 6.40. The topological polar surface area (TPSA) is 96.0 Å². The minimum Gasteiger partial charge on any atom is -0.497 e. The molecule has 0 saturated carbocycles. The summed E-state index contributed by atoms with van der Waals surface area (Å²) in [7, 11) is -2.62. The van der Waals surface area contributed by atoms with Crippen molar-refractivity contribution in [1.29, 1.82) is 0 Å². The molecule has 0 saturated heterocycles. The Bertz CT molecular complexity index is 1480. The van der Waals surface area contributed by atoms with Crippen molar-refractivity contribution in [1.82, 2.24) is 10.2 Å². The Morgan fingerprint density at radius 2 is 1.71 bits per heavy atom. The molecule has 8 nitrogen and oxygen atoms in total. The summed E-state index contributed by atoms with van der Waals surface area (Å²) in [6, 6.07) is 17.7. The molecule has 0 radical (unpaired) electrons. The molecule has 0 bridgehead atoms. The number of rotatable bonds is 14. The van der Waals surface area contributed by atoms with Crippen molar-refractivity contribution in [3.05, 3.63) is 88.4 Å². The molecule has 3 rings (SSSR count). The summed E-state index contributed by atoms with van der Waals surface area (Å²) in [5, 5.41) is 3.31. The molecule has 10 heteroatoms. The second-order valence-corrected chi connectivity index (χ2v) is 12.5. The van der Waals surface area contributed by atoms with Crippen LogP contribution in [-0.2, 0) is 26.2 Å². The number of hydrogen-bond acceptors (Lipinski definition) is 5. The van der Waals surface area contributed by atoms with Gasteiger partial charge in [-0.3, -0.25) is 13.9 Å².